The van der Waals surface area contributed by atoms with Crippen LogP contribution >= 0.6 is 0 Å². The van der Waals surface area contributed by atoms with Crippen LogP contribution in [0.25, 0.3) is 0 Å². The standard InChI is InChI=1S/C12H17N/c1-4-7-11-10(3)8-6-9-12(11)13-5-2/h6-9H,4-5H2,1-3H3/b11-7-,13-12?. The second kappa shape index (κ2) is 4.80. The monoisotopic (exact) mass is 175 g/mol. The molecular formula is C12H17N. The van der Waals surface area contributed by atoms with Gasteiger partial charge in [0.2, 0.25) is 0 Å². The van der Waals surface area contributed by atoms with Crippen molar-refractivity contribution in [1.29, 1.82) is 0 Å². The fourth-order valence-corrected chi connectivity index (χ4v) is 1.44. The van der Waals surface area contributed by atoms with E-state index in [0.717, 1.165) is 18.7 Å². The largest absolute Gasteiger partial charge is 0.285 e. The van der Waals surface area contributed by atoms with Gasteiger partial charge in [-0.05, 0) is 37.5 Å². The summed E-state index contributed by atoms with van der Waals surface area (Å²) >= 11 is 0. The summed E-state index contributed by atoms with van der Waals surface area (Å²) < 4.78 is 0. The van der Waals surface area contributed by atoms with Gasteiger partial charge in [0.05, 0.1) is 5.71 Å². The molecule has 1 aliphatic carbocycles. The molecule has 0 N–H and O–H groups in total. The minimum absolute atomic E-state index is 0.855. The van der Waals surface area contributed by atoms with Crippen LogP contribution < -0.4 is 0 Å². The van der Waals surface area contributed by atoms with Crippen LogP contribution in [-0.2, 0) is 0 Å². The Bertz CT molecular complexity index is 290. The van der Waals surface area contributed by atoms with E-state index in [1.54, 1.807) is 0 Å². The van der Waals surface area contributed by atoms with Crippen LogP contribution in [0.5, 0.6) is 0 Å². The lowest BCUT2D eigenvalue weighted by Crippen LogP contribution is -2.04. The van der Waals surface area contributed by atoms with Crippen molar-refractivity contribution < 1.29 is 0 Å². The molecule has 0 amide bonds. The SMILES string of the molecule is CC/C=C1/C(C)=CC=CC1=NCC. The molecule has 0 aromatic heterocycles. The number of allylic oxidation sites excluding steroid dienone is 6. The summed E-state index contributed by atoms with van der Waals surface area (Å²) in [6, 6.07) is 0. The van der Waals surface area contributed by atoms with E-state index in [9.17, 15) is 0 Å². The van der Waals surface area contributed by atoms with Gasteiger partial charge >= 0.3 is 0 Å². The van der Waals surface area contributed by atoms with E-state index in [2.05, 4.69) is 50.1 Å². The zero-order valence-corrected chi connectivity index (χ0v) is 8.67. The Morgan fingerprint density at radius 1 is 1.38 bits per heavy atom. The van der Waals surface area contributed by atoms with Crippen LogP contribution in [0.2, 0.25) is 0 Å². The normalized spacial score (nSPS) is 22.5. The van der Waals surface area contributed by atoms with E-state index >= 15 is 0 Å². The third-order valence-electron chi connectivity index (χ3n) is 2.04. The fraction of sp³-hybridized carbons (Fsp3) is 0.417. The molecule has 1 aliphatic rings. The second-order valence-corrected chi connectivity index (χ2v) is 3.09. The van der Waals surface area contributed by atoms with Crippen LogP contribution in [0.4, 0.5) is 0 Å². The van der Waals surface area contributed by atoms with Gasteiger partial charge in [-0.1, -0.05) is 25.2 Å². The molecule has 70 valence electrons. The summed E-state index contributed by atoms with van der Waals surface area (Å²) in [6.07, 6.45) is 9.59. The molecule has 1 nitrogen and oxygen atoms in total. The molecule has 0 bridgehead atoms. The van der Waals surface area contributed by atoms with Gasteiger partial charge in [0.25, 0.3) is 0 Å². The van der Waals surface area contributed by atoms with Crippen LogP contribution in [0.3, 0.4) is 0 Å². The zero-order chi connectivity index (χ0) is 9.68. The molecule has 0 unspecified atom stereocenters. The summed E-state index contributed by atoms with van der Waals surface area (Å²) in [5.74, 6) is 0. The minimum Gasteiger partial charge on any atom is -0.285 e. The molecule has 0 fully saturated rings. The van der Waals surface area contributed by atoms with E-state index in [-0.39, 0.29) is 0 Å². The first kappa shape index (κ1) is 9.97. The van der Waals surface area contributed by atoms with E-state index < -0.39 is 0 Å². The molecule has 13 heavy (non-hydrogen) atoms. The topological polar surface area (TPSA) is 12.4 Å². The van der Waals surface area contributed by atoms with Gasteiger partial charge in [0, 0.05) is 6.54 Å². The quantitative estimate of drug-likeness (QED) is 0.610. The number of hydrogen-bond acceptors (Lipinski definition) is 1. The van der Waals surface area contributed by atoms with Crippen LogP contribution in [0.15, 0.2) is 40.4 Å². The van der Waals surface area contributed by atoms with Crippen LogP contribution in [-0.4, -0.2) is 12.3 Å². The molecule has 0 saturated heterocycles. The fourth-order valence-electron chi connectivity index (χ4n) is 1.44. The van der Waals surface area contributed by atoms with Crippen molar-refractivity contribution in [3.05, 3.63) is 35.5 Å². The molecule has 0 radical (unpaired) electrons. The number of nitrogens with zero attached hydrogens (tertiary/aromatic N) is 1. The summed E-state index contributed by atoms with van der Waals surface area (Å²) in [5.41, 5.74) is 3.74. The lowest BCUT2D eigenvalue weighted by molar-refractivity contribution is 1.12. The number of hydrogen-bond donors (Lipinski definition) is 0. The van der Waals surface area contributed by atoms with Crippen molar-refractivity contribution >= 4 is 5.71 Å². The predicted molar refractivity (Wildman–Crippen MR) is 59.2 cm³/mol. The molecule has 0 aromatic carbocycles. The minimum atomic E-state index is 0.855. The highest BCUT2D eigenvalue weighted by Crippen LogP contribution is 2.17. The van der Waals surface area contributed by atoms with Gasteiger partial charge in [-0.3, -0.25) is 4.99 Å². The van der Waals surface area contributed by atoms with Gasteiger partial charge < -0.3 is 0 Å². The first-order chi connectivity index (χ1) is 6.29. The average molecular weight is 175 g/mol. The number of rotatable bonds is 2. The molecule has 0 aromatic rings. The van der Waals surface area contributed by atoms with E-state index in [1.807, 2.05) is 0 Å². The smallest absolute Gasteiger partial charge is 0.0645 e. The molecule has 1 rings (SSSR count). The van der Waals surface area contributed by atoms with Crippen molar-refractivity contribution in [2.75, 3.05) is 6.54 Å². The Morgan fingerprint density at radius 2 is 2.15 bits per heavy atom. The van der Waals surface area contributed by atoms with E-state index in [1.165, 1.54) is 11.1 Å². The van der Waals surface area contributed by atoms with E-state index in [0.29, 0.717) is 0 Å². The lowest BCUT2D eigenvalue weighted by atomic mass is 9.96. The first-order valence-corrected chi connectivity index (χ1v) is 4.89. The van der Waals surface area contributed by atoms with Crippen molar-refractivity contribution in [3.63, 3.8) is 0 Å². The first-order valence-electron chi connectivity index (χ1n) is 4.89. The Morgan fingerprint density at radius 3 is 2.77 bits per heavy atom. The van der Waals surface area contributed by atoms with Crippen molar-refractivity contribution in [2.24, 2.45) is 4.99 Å². The predicted octanol–water partition coefficient (Wildman–Crippen LogP) is 3.30. The highest BCUT2D eigenvalue weighted by molar-refractivity contribution is 6.12. The summed E-state index contributed by atoms with van der Waals surface area (Å²) in [5, 5.41) is 0. The summed E-state index contributed by atoms with van der Waals surface area (Å²) in [7, 11) is 0. The molecule has 0 spiro atoms. The van der Waals surface area contributed by atoms with Crippen molar-refractivity contribution in [1.82, 2.24) is 0 Å². The molecule has 0 atom stereocenters. The molecular weight excluding hydrogens is 158 g/mol. The van der Waals surface area contributed by atoms with Crippen molar-refractivity contribution in [2.45, 2.75) is 27.2 Å². The molecule has 1 heteroatoms. The van der Waals surface area contributed by atoms with Gasteiger partial charge in [0.1, 0.15) is 0 Å². The third-order valence-corrected chi connectivity index (χ3v) is 2.04. The maximum absolute atomic E-state index is 4.45. The van der Waals surface area contributed by atoms with Crippen molar-refractivity contribution in [3.8, 4) is 0 Å². The lowest BCUT2D eigenvalue weighted by Gasteiger charge is -2.11. The van der Waals surface area contributed by atoms with Crippen LogP contribution in [0, 0.1) is 0 Å². The number of aliphatic imine (C=N–C) groups is 1. The van der Waals surface area contributed by atoms with Gasteiger partial charge in [0.15, 0.2) is 0 Å². The third kappa shape index (κ3) is 2.41. The average Bonchev–Trinajstić information content (AvgIpc) is 2.11. The highest BCUT2D eigenvalue weighted by atomic mass is 14.7. The highest BCUT2D eigenvalue weighted by Gasteiger charge is 2.07. The summed E-state index contributed by atoms with van der Waals surface area (Å²) in [6.45, 7) is 7.21. The Balaban J connectivity index is 2.99. The van der Waals surface area contributed by atoms with Gasteiger partial charge in [-0.2, -0.15) is 0 Å². The van der Waals surface area contributed by atoms with Crippen LogP contribution in [0.1, 0.15) is 27.2 Å². The Labute approximate surface area is 80.6 Å². The zero-order valence-electron chi connectivity index (χ0n) is 8.67. The second-order valence-electron chi connectivity index (χ2n) is 3.09. The molecule has 0 saturated carbocycles. The Kier molecular flexibility index (Phi) is 3.69. The molecule has 0 heterocycles. The summed E-state index contributed by atoms with van der Waals surface area (Å²) in [4.78, 5) is 4.45. The Hall–Kier alpha value is -1.11. The van der Waals surface area contributed by atoms with Gasteiger partial charge in [-0.25, -0.2) is 0 Å². The maximum Gasteiger partial charge on any atom is 0.0645 e. The maximum atomic E-state index is 4.45. The molecule has 0 aliphatic heterocycles. The van der Waals surface area contributed by atoms with E-state index in [4.69, 9.17) is 0 Å². The van der Waals surface area contributed by atoms with Gasteiger partial charge in [-0.15, -0.1) is 0 Å².